The summed E-state index contributed by atoms with van der Waals surface area (Å²) in [4.78, 5) is 0.180. The minimum Gasteiger partial charge on any atom is -0.489 e. The van der Waals surface area contributed by atoms with Gasteiger partial charge in [0.25, 0.3) is 0 Å². The van der Waals surface area contributed by atoms with Gasteiger partial charge in [-0.3, -0.25) is 0 Å². The van der Waals surface area contributed by atoms with Gasteiger partial charge in [-0.05, 0) is 41.8 Å². The van der Waals surface area contributed by atoms with Crippen LogP contribution in [0.15, 0.2) is 42.5 Å². The van der Waals surface area contributed by atoms with Crippen LogP contribution in [0, 0.1) is 5.82 Å². The summed E-state index contributed by atoms with van der Waals surface area (Å²) in [6, 6.07) is 12.3. The molecule has 2 aromatic carbocycles. The number of aryl methyl sites for hydroxylation is 1. The van der Waals surface area contributed by atoms with Gasteiger partial charge in [-0.2, -0.15) is 0 Å². The quantitative estimate of drug-likeness (QED) is 0.854. The van der Waals surface area contributed by atoms with Crippen molar-refractivity contribution in [1.82, 2.24) is 0 Å². The normalized spacial score (nSPS) is 10.3. The fourth-order valence-corrected chi connectivity index (χ4v) is 2.09. The second-order valence-electron chi connectivity index (χ2n) is 4.46. The van der Waals surface area contributed by atoms with E-state index >= 15 is 0 Å². The molecule has 0 bridgehead atoms. The van der Waals surface area contributed by atoms with Crippen LogP contribution in [0.3, 0.4) is 0 Å². The monoisotopic (exact) mass is 289 g/mol. The zero-order chi connectivity index (χ0) is 14.5. The summed E-state index contributed by atoms with van der Waals surface area (Å²) in [6.07, 6.45) is 0.886. The lowest BCUT2D eigenvalue weighted by molar-refractivity contribution is 0.302. The summed E-state index contributed by atoms with van der Waals surface area (Å²) in [7, 11) is 0. The Bertz CT molecular complexity index is 628. The largest absolute Gasteiger partial charge is 0.489 e. The van der Waals surface area contributed by atoms with Gasteiger partial charge in [0.1, 0.15) is 23.2 Å². The third kappa shape index (κ3) is 3.54. The van der Waals surface area contributed by atoms with E-state index in [9.17, 15) is 4.39 Å². The summed E-state index contributed by atoms with van der Waals surface area (Å²) >= 11 is 4.87. The second-order valence-corrected chi connectivity index (χ2v) is 4.90. The molecule has 2 aromatic rings. The number of rotatable bonds is 5. The van der Waals surface area contributed by atoms with E-state index in [2.05, 4.69) is 6.92 Å². The van der Waals surface area contributed by atoms with Crippen molar-refractivity contribution < 1.29 is 9.13 Å². The summed E-state index contributed by atoms with van der Waals surface area (Å²) < 4.78 is 19.2. The van der Waals surface area contributed by atoms with Crippen LogP contribution < -0.4 is 10.5 Å². The standard InChI is InChI=1S/C16H16FNOS/c1-2-12-5-3-4-6-15(12)19-10-11-7-13(16(18)20)9-14(17)8-11/h3-9H,2,10H2,1H3,(H2,18,20). The Balaban J connectivity index is 2.16. The molecule has 2 N–H and O–H groups in total. The number of nitrogens with two attached hydrogens (primary N) is 1. The summed E-state index contributed by atoms with van der Waals surface area (Å²) in [6.45, 7) is 2.35. The molecule has 4 heteroatoms. The van der Waals surface area contributed by atoms with Crippen molar-refractivity contribution in [2.24, 2.45) is 5.73 Å². The van der Waals surface area contributed by atoms with Gasteiger partial charge in [-0.15, -0.1) is 0 Å². The maximum Gasteiger partial charge on any atom is 0.124 e. The van der Waals surface area contributed by atoms with Gasteiger partial charge < -0.3 is 10.5 Å². The summed E-state index contributed by atoms with van der Waals surface area (Å²) in [5.74, 6) is 0.453. The molecule has 0 heterocycles. The number of halogens is 1. The number of thiocarbonyl (C=S) groups is 1. The van der Waals surface area contributed by atoms with Crippen LogP contribution in [0.25, 0.3) is 0 Å². The molecule has 0 aromatic heterocycles. The molecule has 0 aliphatic rings. The highest BCUT2D eigenvalue weighted by atomic mass is 32.1. The van der Waals surface area contributed by atoms with E-state index in [1.54, 1.807) is 6.07 Å². The number of ether oxygens (including phenoxy) is 1. The Morgan fingerprint density at radius 1 is 1.25 bits per heavy atom. The van der Waals surface area contributed by atoms with Crippen molar-refractivity contribution in [3.05, 3.63) is 65.0 Å². The average molecular weight is 289 g/mol. The number of hydrogen-bond acceptors (Lipinski definition) is 2. The first-order valence-corrected chi connectivity index (χ1v) is 6.81. The molecule has 104 valence electrons. The maximum atomic E-state index is 13.5. The third-order valence-electron chi connectivity index (χ3n) is 2.99. The van der Waals surface area contributed by atoms with Gasteiger partial charge in [0.05, 0.1) is 0 Å². The van der Waals surface area contributed by atoms with Crippen LogP contribution in [-0.2, 0) is 13.0 Å². The third-order valence-corrected chi connectivity index (χ3v) is 3.23. The first kappa shape index (κ1) is 14.5. The van der Waals surface area contributed by atoms with Crippen LogP contribution in [-0.4, -0.2) is 4.99 Å². The van der Waals surface area contributed by atoms with Crippen molar-refractivity contribution in [2.45, 2.75) is 20.0 Å². The second kappa shape index (κ2) is 6.48. The van der Waals surface area contributed by atoms with Gasteiger partial charge in [0, 0.05) is 5.56 Å². The minimum absolute atomic E-state index is 0.180. The summed E-state index contributed by atoms with van der Waals surface area (Å²) in [5, 5.41) is 0. The van der Waals surface area contributed by atoms with Crippen molar-refractivity contribution in [3.8, 4) is 5.75 Å². The highest BCUT2D eigenvalue weighted by Crippen LogP contribution is 2.20. The Morgan fingerprint density at radius 2 is 2.00 bits per heavy atom. The Kier molecular flexibility index (Phi) is 4.69. The van der Waals surface area contributed by atoms with Crippen molar-refractivity contribution in [2.75, 3.05) is 0 Å². The molecule has 2 rings (SSSR count). The van der Waals surface area contributed by atoms with E-state index in [4.69, 9.17) is 22.7 Å². The highest BCUT2D eigenvalue weighted by molar-refractivity contribution is 7.80. The first-order valence-electron chi connectivity index (χ1n) is 6.40. The molecule has 2 nitrogen and oxygen atoms in total. The molecule has 0 atom stereocenters. The van der Waals surface area contributed by atoms with E-state index in [0.717, 1.165) is 17.7 Å². The molecule has 20 heavy (non-hydrogen) atoms. The lowest BCUT2D eigenvalue weighted by Crippen LogP contribution is -2.10. The first-order chi connectivity index (χ1) is 9.60. The molecule has 0 unspecified atom stereocenters. The van der Waals surface area contributed by atoms with Gasteiger partial charge >= 0.3 is 0 Å². The molecule has 0 spiro atoms. The Hall–Kier alpha value is -1.94. The van der Waals surface area contributed by atoms with E-state index in [1.165, 1.54) is 12.1 Å². The van der Waals surface area contributed by atoms with Crippen LogP contribution in [0.5, 0.6) is 5.75 Å². The van der Waals surface area contributed by atoms with Crippen molar-refractivity contribution >= 4 is 17.2 Å². The fourth-order valence-electron chi connectivity index (χ4n) is 1.97. The molecule has 0 amide bonds. The highest BCUT2D eigenvalue weighted by Gasteiger charge is 2.05. The van der Waals surface area contributed by atoms with Gasteiger partial charge in [-0.1, -0.05) is 37.3 Å². The lowest BCUT2D eigenvalue weighted by Gasteiger charge is -2.11. The summed E-state index contributed by atoms with van der Waals surface area (Å²) in [5.41, 5.74) is 7.88. The van der Waals surface area contributed by atoms with Crippen LogP contribution in [0.2, 0.25) is 0 Å². The smallest absolute Gasteiger partial charge is 0.124 e. The maximum absolute atomic E-state index is 13.5. The van der Waals surface area contributed by atoms with Crippen molar-refractivity contribution in [1.29, 1.82) is 0 Å². The van der Waals surface area contributed by atoms with Gasteiger partial charge in [0.2, 0.25) is 0 Å². The Labute approximate surface area is 123 Å². The van der Waals surface area contributed by atoms with Crippen molar-refractivity contribution in [3.63, 3.8) is 0 Å². The molecular weight excluding hydrogens is 273 g/mol. The van der Waals surface area contributed by atoms with E-state index in [1.807, 2.05) is 24.3 Å². The van der Waals surface area contributed by atoms with Crippen LogP contribution in [0.1, 0.15) is 23.6 Å². The number of hydrogen-bond donors (Lipinski definition) is 1. The van der Waals surface area contributed by atoms with Gasteiger partial charge in [-0.25, -0.2) is 4.39 Å². The number of para-hydroxylation sites is 1. The van der Waals surface area contributed by atoms with Crippen LogP contribution in [0.4, 0.5) is 4.39 Å². The average Bonchev–Trinajstić information content (AvgIpc) is 2.44. The zero-order valence-corrected chi connectivity index (χ0v) is 12.0. The molecule has 0 saturated heterocycles. The topological polar surface area (TPSA) is 35.2 Å². The fraction of sp³-hybridized carbons (Fsp3) is 0.188. The lowest BCUT2D eigenvalue weighted by atomic mass is 10.1. The predicted octanol–water partition coefficient (Wildman–Crippen LogP) is 3.60. The van der Waals surface area contributed by atoms with E-state index < -0.39 is 0 Å². The van der Waals surface area contributed by atoms with Gasteiger partial charge in [0.15, 0.2) is 0 Å². The zero-order valence-electron chi connectivity index (χ0n) is 11.2. The molecule has 0 radical (unpaired) electrons. The minimum atomic E-state index is -0.363. The molecule has 0 fully saturated rings. The van der Waals surface area contributed by atoms with Crippen LogP contribution >= 0.6 is 12.2 Å². The molecule has 0 aliphatic heterocycles. The molecular formula is C16H16FNOS. The number of benzene rings is 2. The molecule has 0 aliphatic carbocycles. The SMILES string of the molecule is CCc1ccccc1OCc1cc(F)cc(C(N)=S)c1. The Morgan fingerprint density at radius 3 is 2.70 bits per heavy atom. The predicted molar refractivity (Wildman–Crippen MR) is 82.4 cm³/mol. The van der Waals surface area contributed by atoms with E-state index in [0.29, 0.717) is 11.1 Å². The molecule has 0 saturated carbocycles. The van der Waals surface area contributed by atoms with E-state index in [-0.39, 0.29) is 17.4 Å².